The molecule has 1 amide bonds. The molecule has 0 bridgehead atoms. The van der Waals surface area contributed by atoms with Crippen LogP contribution in [-0.4, -0.2) is 22.1 Å². The minimum Gasteiger partial charge on any atom is -0.492 e. The van der Waals surface area contributed by atoms with E-state index < -0.39 is 0 Å². The molecular weight excluding hydrogens is 326 g/mol. The normalized spacial score (nSPS) is 17.0. The van der Waals surface area contributed by atoms with Crippen molar-refractivity contribution in [2.24, 2.45) is 13.0 Å². The van der Waals surface area contributed by atoms with Gasteiger partial charge in [0, 0.05) is 19.4 Å². The molecule has 0 aliphatic carbocycles. The van der Waals surface area contributed by atoms with Gasteiger partial charge in [-0.2, -0.15) is 0 Å². The molecule has 2 heterocycles. The number of nitrogens with one attached hydrogen (secondary N) is 1. The number of carbonyl (C=O) groups is 1. The van der Waals surface area contributed by atoms with Crippen molar-refractivity contribution in [3.8, 4) is 5.75 Å². The molecule has 0 spiro atoms. The molecule has 0 fully saturated rings. The summed E-state index contributed by atoms with van der Waals surface area (Å²) in [5, 5.41) is 3.17. The van der Waals surface area contributed by atoms with Gasteiger partial charge >= 0.3 is 0 Å². The van der Waals surface area contributed by atoms with Gasteiger partial charge in [0.2, 0.25) is 5.91 Å². The third kappa shape index (κ3) is 3.20. The monoisotopic (exact) mass is 347 g/mol. The predicted molar refractivity (Wildman–Crippen MR) is 98.8 cm³/mol. The molecule has 2 unspecified atom stereocenters. The number of para-hydroxylation sites is 1. The summed E-state index contributed by atoms with van der Waals surface area (Å²) >= 11 is 0. The van der Waals surface area contributed by atoms with Crippen LogP contribution in [0.4, 0.5) is 0 Å². The second kappa shape index (κ2) is 7.04. The molecular formula is C21H21N3O2. The molecule has 0 radical (unpaired) electrons. The third-order valence-electron chi connectivity index (χ3n) is 4.79. The number of fused-ring (bicyclic) bond motifs is 1. The van der Waals surface area contributed by atoms with E-state index in [2.05, 4.69) is 10.3 Å². The summed E-state index contributed by atoms with van der Waals surface area (Å²) in [5.41, 5.74) is 2.08. The van der Waals surface area contributed by atoms with Crippen LogP contribution in [-0.2, 0) is 18.3 Å². The first-order chi connectivity index (χ1) is 12.7. The SMILES string of the molecule is Cn1ccnc1C(NC(=O)C1COc2ccccc2C1)c1ccccc1. The molecule has 0 saturated heterocycles. The zero-order chi connectivity index (χ0) is 17.9. The number of carbonyl (C=O) groups excluding carboxylic acids is 1. The maximum atomic E-state index is 13.0. The molecule has 1 aliphatic rings. The fourth-order valence-corrected chi connectivity index (χ4v) is 3.35. The highest BCUT2D eigenvalue weighted by Gasteiger charge is 2.29. The molecule has 5 heteroatoms. The Labute approximate surface area is 152 Å². The molecule has 3 aromatic rings. The molecule has 0 saturated carbocycles. The van der Waals surface area contributed by atoms with Crippen LogP contribution in [0.3, 0.4) is 0 Å². The Balaban J connectivity index is 1.57. The van der Waals surface area contributed by atoms with Crippen LogP contribution in [0.25, 0.3) is 0 Å². The maximum Gasteiger partial charge on any atom is 0.227 e. The van der Waals surface area contributed by atoms with Crippen LogP contribution < -0.4 is 10.1 Å². The van der Waals surface area contributed by atoms with E-state index in [0.29, 0.717) is 13.0 Å². The third-order valence-corrected chi connectivity index (χ3v) is 4.79. The first-order valence-corrected chi connectivity index (χ1v) is 8.75. The number of aryl methyl sites for hydroxylation is 1. The summed E-state index contributed by atoms with van der Waals surface area (Å²) in [5.74, 6) is 1.45. The van der Waals surface area contributed by atoms with Gasteiger partial charge in [-0.25, -0.2) is 4.98 Å². The average molecular weight is 347 g/mol. The lowest BCUT2D eigenvalue weighted by atomic mass is 9.95. The van der Waals surface area contributed by atoms with Gasteiger partial charge in [-0.15, -0.1) is 0 Å². The Kier molecular flexibility index (Phi) is 4.44. The van der Waals surface area contributed by atoms with E-state index in [0.717, 1.165) is 22.7 Å². The highest BCUT2D eigenvalue weighted by Crippen LogP contribution is 2.28. The number of imidazole rings is 1. The zero-order valence-corrected chi connectivity index (χ0v) is 14.6. The van der Waals surface area contributed by atoms with Crippen molar-refractivity contribution < 1.29 is 9.53 Å². The Morgan fingerprint density at radius 2 is 1.96 bits per heavy atom. The quantitative estimate of drug-likeness (QED) is 0.789. The van der Waals surface area contributed by atoms with Crippen molar-refractivity contribution in [2.45, 2.75) is 12.5 Å². The minimum absolute atomic E-state index is 0.0173. The van der Waals surface area contributed by atoms with Crippen molar-refractivity contribution >= 4 is 5.91 Å². The first-order valence-electron chi connectivity index (χ1n) is 8.75. The second-order valence-corrected chi connectivity index (χ2v) is 6.57. The Bertz CT molecular complexity index is 904. The molecule has 1 aliphatic heterocycles. The van der Waals surface area contributed by atoms with E-state index in [9.17, 15) is 4.79 Å². The lowest BCUT2D eigenvalue weighted by Gasteiger charge is -2.27. The first kappa shape index (κ1) is 16.4. The van der Waals surface area contributed by atoms with Gasteiger partial charge in [-0.3, -0.25) is 4.79 Å². The fourth-order valence-electron chi connectivity index (χ4n) is 3.35. The van der Waals surface area contributed by atoms with Gasteiger partial charge in [0.15, 0.2) is 0 Å². The average Bonchev–Trinajstić information content (AvgIpc) is 3.12. The maximum absolute atomic E-state index is 13.0. The fraction of sp³-hybridized carbons (Fsp3) is 0.238. The van der Waals surface area contributed by atoms with Crippen molar-refractivity contribution in [1.82, 2.24) is 14.9 Å². The molecule has 26 heavy (non-hydrogen) atoms. The van der Waals surface area contributed by atoms with Gasteiger partial charge in [0.25, 0.3) is 0 Å². The lowest BCUT2D eigenvalue weighted by Crippen LogP contribution is -2.40. The summed E-state index contributed by atoms with van der Waals surface area (Å²) in [6.07, 6.45) is 4.32. The number of aromatic nitrogens is 2. The van der Waals surface area contributed by atoms with Crippen molar-refractivity contribution in [2.75, 3.05) is 6.61 Å². The van der Waals surface area contributed by atoms with Crippen LogP contribution in [0.1, 0.15) is 23.0 Å². The number of rotatable bonds is 4. The standard InChI is InChI=1S/C21H21N3O2/c1-24-12-11-22-20(24)19(15-7-3-2-4-8-15)23-21(25)17-13-16-9-5-6-10-18(16)26-14-17/h2-12,17,19H,13-14H2,1H3,(H,23,25). The second-order valence-electron chi connectivity index (χ2n) is 6.57. The number of benzene rings is 2. The number of nitrogens with zero attached hydrogens (tertiary/aromatic N) is 2. The van der Waals surface area contributed by atoms with Crippen LogP contribution >= 0.6 is 0 Å². The highest BCUT2D eigenvalue weighted by molar-refractivity contribution is 5.80. The van der Waals surface area contributed by atoms with Gasteiger partial charge < -0.3 is 14.6 Å². The Morgan fingerprint density at radius 3 is 2.73 bits per heavy atom. The van der Waals surface area contributed by atoms with Crippen LogP contribution in [0.5, 0.6) is 5.75 Å². The van der Waals surface area contributed by atoms with Gasteiger partial charge in [0.05, 0.1) is 5.92 Å². The summed E-state index contributed by atoms with van der Waals surface area (Å²) in [6.45, 7) is 0.394. The van der Waals surface area contributed by atoms with Crippen molar-refractivity contribution in [3.63, 3.8) is 0 Å². The van der Waals surface area contributed by atoms with E-state index in [4.69, 9.17) is 4.74 Å². The van der Waals surface area contributed by atoms with Crippen LogP contribution in [0.2, 0.25) is 0 Å². The topological polar surface area (TPSA) is 56.2 Å². The molecule has 2 aromatic carbocycles. The molecule has 132 valence electrons. The van der Waals surface area contributed by atoms with Crippen LogP contribution in [0.15, 0.2) is 67.0 Å². The van der Waals surface area contributed by atoms with E-state index >= 15 is 0 Å². The van der Waals surface area contributed by atoms with Crippen molar-refractivity contribution in [1.29, 1.82) is 0 Å². The molecule has 2 atom stereocenters. The predicted octanol–water partition coefficient (Wildman–Crippen LogP) is 2.88. The summed E-state index contributed by atoms with van der Waals surface area (Å²) in [7, 11) is 1.93. The lowest BCUT2D eigenvalue weighted by molar-refractivity contribution is -0.126. The zero-order valence-electron chi connectivity index (χ0n) is 14.6. The van der Waals surface area contributed by atoms with Gasteiger partial charge in [0.1, 0.15) is 24.2 Å². The van der Waals surface area contributed by atoms with E-state index in [1.807, 2.05) is 72.4 Å². The van der Waals surface area contributed by atoms with Crippen LogP contribution in [0, 0.1) is 5.92 Å². The van der Waals surface area contributed by atoms with Gasteiger partial charge in [-0.1, -0.05) is 48.5 Å². The highest BCUT2D eigenvalue weighted by atomic mass is 16.5. The van der Waals surface area contributed by atoms with Gasteiger partial charge in [-0.05, 0) is 23.6 Å². The number of ether oxygens (including phenoxy) is 1. The van der Waals surface area contributed by atoms with E-state index in [-0.39, 0.29) is 17.9 Å². The smallest absolute Gasteiger partial charge is 0.227 e. The minimum atomic E-state index is -0.291. The van der Waals surface area contributed by atoms with E-state index in [1.165, 1.54) is 0 Å². The van der Waals surface area contributed by atoms with Crippen molar-refractivity contribution in [3.05, 3.63) is 83.9 Å². The molecule has 5 nitrogen and oxygen atoms in total. The Hall–Kier alpha value is -3.08. The largest absolute Gasteiger partial charge is 0.492 e. The number of hydrogen-bond acceptors (Lipinski definition) is 3. The summed E-state index contributed by atoms with van der Waals surface area (Å²) < 4.78 is 7.71. The summed E-state index contributed by atoms with van der Waals surface area (Å²) in [4.78, 5) is 17.4. The van der Waals surface area contributed by atoms with E-state index in [1.54, 1.807) is 6.20 Å². The number of hydrogen-bond donors (Lipinski definition) is 1. The number of amides is 1. The summed E-state index contributed by atoms with van der Waals surface area (Å²) in [6, 6.07) is 17.5. The molecule has 1 N–H and O–H groups in total. The molecule has 1 aromatic heterocycles. The molecule has 4 rings (SSSR count). The Morgan fingerprint density at radius 1 is 1.19 bits per heavy atom.